The monoisotopic (exact) mass is 267 g/mol. The summed E-state index contributed by atoms with van der Waals surface area (Å²) in [5.74, 6) is 0. The second-order valence-electron chi connectivity index (χ2n) is 5.13. The first-order chi connectivity index (χ1) is 9.58. The Bertz CT molecular complexity index is 660. The molecule has 0 spiro atoms. The molecule has 0 fully saturated rings. The number of aromatic nitrogens is 1. The molecule has 1 aromatic heterocycles. The van der Waals surface area contributed by atoms with Crippen LogP contribution in [-0.2, 0) is 20.0 Å². The lowest BCUT2D eigenvalue weighted by Crippen LogP contribution is -2.05. The van der Waals surface area contributed by atoms with Gasteiger partial charge in [-0.2, -0.15) is 5.26 Å². The molecule has 1 heterocycles. The number of nitriles is 1. The van der Waals surface area contributed by atoms with Gasteiger partial charge in [-0.05, 0) is 43.0 Å². The number of para-hydroxylation sites is 1. The Morgan fingerprint density at radius 3 is 2.60 bits per heavy atom. The minimum atomic E-state index is 0.708. The van der Waals surface area contributed by atoms with Crippen LogP contribution in [0, 0.1) is 25.2 Å². The van der Waals surface area contributed by atoms with E-state index in [1.807, 2.05) is 17.7 Å². The molecule has 104 valence electrons. The predicted molar refractivity (Wildman–Crippen MR) is 82.7 cm³/mol. The van der Waals surface area contributed by atoms with E-state index in [4.69, 9.17) is 5.26 Å². The van der Waals surface area contributed by atoms with E-state index in [0.29, 0.717) is 5.69 Å². The summed E-state index contributed by atoms with van der Waals surface area (Å²) in [6, 6.07) is 10.6. The van der Waals surface area contributed by atoms with Crippen LogP contribution < -0.4 is 5.32 Å². The highest BCUT2D eigenvalue weighted by Gasteiger charge is 2.10. The maximum Gasteiger partial charge on any atom is 0.120 e. The normalized spacial score (nSPS) is 10.3. The summed E-state index contributed by atoms with van der Waals surface area (Å²) in [6.07, 6.45) is 1.02. The van der Waals surface area contributed by atoms with Crippen molar-refractivity contribution in [1.29, 1.82) is 5.26 Å². The number of hydrogen-bond donors (Lipinski definition) is 1. The maximum absolute atomic E-state index is 9.08. The first-order valence-corrected chi connectivity index (χ1v) is 6.96. The average Bonchev–Trinajstić information content (AvgIpc) is 2.73. The van der Waals surface area contributed by atoms with Crippen LogP contribution in [0.3, 0.4) is 0 Å². The van der Waals surface area contributed by atoms with Gasteiger partial charge in [0.2, 0.25) is 0 Å². The molecule has 2 aromatic rings. The Labute approximate surface area is 120 Å². The van der Waals surface area contributed by atoms with Gasteiger partial charge in [0.05, 0.1) is 0 Å². The third kappa shape index (κ3) is 2.55. The number of aryl methyl sites for hydroxylation is 2. The Balaban J connectivity index is 2.24. The van der Waals surface area contributed by atoms with Gasteiger partial charge < -0.3 is 9.88 Å². The lowest BCUT2D eigenvalue weighted by molar-refractivity contribution is 0.856. The van der Waals surface area contributed by atoms with Crippen LogP contribution in [-0.4, -0.2) is 4.57 Å². The smallest absolute Gasteiger partial charge is 0.120 e. The van der Waals surface area contributed by atoms with Gasteiger partial charge in [0, 0.05) is 25.0 Å². The molecule has 0 radical (unpaired) electrons. The van der Waals surface area contributed by atoms with E-state index in [1.54, 1.807) is 0 Å². The zero-order valence-corrected chi connectivity index (χ0v) is 12.6. The van der Waals surface area contributed by atoms with E-state index in [-0.39, 0.29) is 0 Å². The fourth-order valence-electron chi connectivity index (χ4n) is 2.51. The molecule has 3 heteroatoms. The molecule has 20 heavy (non-hydrogen) atoms. The van der Waals surface area contributed by atoms with Crippen LogP contribution in [0.4, 0.5) is 5.69 Å². The van der Waals surface area contributed by atoms with E-state index in [2.05, 4.69) is 50.4 Å². The maximum atomic E-state index is 9.08. The molecule has 1 N–H and O–H groups in total. The van der Waals surface area contributed by atoms with Crippen LogP contribution in [0.15, 0.2) is 24.3 Å². The number of nitrogens with zero attached hydrogens (tertiary/aromatic N) is 2. The molecule has 0 aliphatic rings. The number of rotatable bonds is 4. The van der Waals surface area contributed by atoms with Crippen molar-refractivity contribution < 1.29 is 0 Å². The van der Waals surface area contributed by atoms with Crippen LogP contribution in [0.5, 0.6) is 0 Å². The molecule has 1 aromatic carbocycles. The topological polar surface area (TPSA) is 40.8 Å². The third-order valence-corrected chi connectivity index (χ3v) is 3.95. The van der Waals surface area contributed by atoms with Crippen LogP contribution in [0.1, 0.15) is 35.0 Å². The minimum Gasteiger partial charge on any atom is -0.380 e. The number of nitrogens with one attached hydrogen (secondary N) is 1. The molecular formula is C17H21N3. The largest absolute Gasteiger partial charge is 0.380 e. The molecule has 2 rings (SSSR count). The van der Waals surface area contributed by atoms with Gasteiger partial charge in [-0.3, -0.25) is 0 Å². The summed E-state index contributed by atoms with van der Waals surface area (Å²) in [5, 5.41) is 12.6. The molecule has 0 bridgehead atoms. The summed E-state index contributed by atoms with van der Waals surface area (Å²) in [6.45, 7) is 7.09. The van der Waals surface area contributed by atoms with Crippen LogP contribution in [0.2, 0.25) is 0 Å². The lowest BCUT2D eigenvalue weighted by Gasteiger charge is -2.14. The molecule has 0 aliphatic carbocycles. The van der Waals surface area contributed by atoms with Crippen molar-refractivity contribution in [2.24, 2.45) is 7.05 Å². The van der Waals surface area contributed by atoms with Crippen molar-refractivity contribution in [3.8, 4) is 6.07 Å². The zero-order valence-electron chi connectivity index (χ0n) is 12.6. The lowest BCUT2D eigenvalue weighted by atomic mass is 10.1. The standard InChI is InChI=1S/C17H21N3/c1-5-14-8-6-7-12(2)17(14)19-11-15-9-16(10-18)20(4)13(15)3/h6-9,19H,5,11H2,1-4H3. The van der Waals surface area contributed by atoms with Gasteiger partial charge in [-0.1, -0.05) is 25.1 Å². The van der Waals surface area contributed by atoms with E-state index in [0.717, 1.165) is 18.7 Å². The first kappa shape index (κ1) is 14.2. The van der Waals surface area contributed by atoms with Gasteiger partial charge in [0.25, 0.3) is 0 Å². The fourth-order valence-corrected chi connectivity index (χ4v) is 2.51. The number of hydrogen-bond acceptors (Lipinski definition) is 2. The Morgan fingerprint density at radius 2 is 2.00 bits per heavy atom. The highest BCUT2D eigenvalue weighted by atomic mass is 15.0. The summed E-state index contributed by atoms with van der Waals surface area (Å²) < 4.78 is 1.94. The molecule has 0 amide bonds. The Hall–Kier alpha value is -2.21. The second kappa shape index (κ2) is 5.83. The number of benzene rings is 1. The molecular weight excluding hydrogens is 246 g/mol. The molecule has 3 nitrogen and oxygen atoms in total. The van der Waals surface area contributed by atoms with E-state index in [9.17, 15) is 0 Å². The molecule has 0 atom stereocenters. The molecule has 0 saturated heterocycles. The molecule has 0 aliphatic heterocycles. The third-order valence-electron chi connectivity index (χ3n) is 3.95. The van der Waals surface area contributed by atoms with Gasteiger partial charge in [-0.15, -0.1) is 0 Å². The van der Waals surface area contributed by atoms with Gasteiger partial charge in [-0.25, -0.2) is 0 Å². The van der Waals surface area contributed by atoms with E-state index < -0.39 is 0 Å². The SMILES string of the molecule is CCc1cccc(C)c1NCc1cc(C#N)n(C)c1C. The van der Waals surface area contributed by atoms with Crippen molar-refractivity contribution >= 4 is 5.69 Å². The van der Waals surface area contributed by atoms with Crippen LogP contribution >= 0.6 is 0 Å². The molecule has 0 unspecified atom stereocenters. The average molecular weight is 267 g/mol. The first-order valence-electron chi connectivity index (χ1n) is 6.96. The van der Waals surface area contributed by atoms with Crippen molar-refractivity contribution in [3.63, 3.8) is 0 Å². The van der Waals surface area contributed by atoms with Gasteiger partial charge in [0.15, 0.2) is 0 Å². The van der Waals surface area contributed by atoms with Gasteiger partial charge in [0.1, 0.15) is 11.8 Å². The summed E-state index contributed by atoms with van der Waals surface area (Å²) in [5.41, 5.74) is 6.84. The predicted octanol–water partition coefficient (Wildman–Crippen LogP) is 3.69. The van der Waals surface area contributed by atoms with Crippen molar-refractivity contribution in [1.82, 2.24) is 4.57 Å². The minimum absolute atomic E-state index is 0.708. The molecule has 0 saturated carbocycles. The Kier molecular flexibility index (Phi) is 4.14. The van der Waals surface area contributed by atoms with Crippen LogP contribution in [0.25, 0.3) is 0 Å². The summed E-state index contributed by atoms with van der Waals surface area (Å²) in [7, 11) is 1.93. The Morgan fingerprint density at radius 1 is 1.25 bits per heavy atom. The summed E-state index contributed by atoms with van der Waals surface area (Å²) in [4.78, 5) is 0. The van der Waals surface area contributed by atoms with E-state index in [1.165, 1.54) is 22.4 Å². The highest BCUT2D eigenvalue weighted by Crippen LogP contribution is 2.23. The van der Waals surface area contributed by atoms with Crippen molar-refractivity contribution in [2.45, 2.75) is 33.7 Å². The zero-order chi connectivity index (χ0) is 14.7. The fraction of sp³-hybridized carbons (Fsp3) is 0.353. The van der Waals surface area contributed by atoms with Crippen molar-refractivity contribution in [3.05, 3.63) is 52.3 Å². The van der Waals surface area contributed by atoms with E-state index >= 15 is 0 Å². The van der Waals surface area contributed by atoms with Crippen molar-refractivity contribution in [2.75, 3.05) is 5.32 Å². The summed E-state index contributed by atoms with van der Waals surface area (Å²) >= 11 is 0. The number of anilines is 1. The second-order valence-corrected chi connectivity index (χ2v) is 5.13. The highest BCUT2D eigenvalue weighted by molar-refractivity contribution is 5.57. The van der Waals surface area contributed by atoms with Gasteiger partial charge >= 0.3 is 0 Å². The quantitative estimate of drug-likeness (QED) is 0.917.